The summed E-state index contributed by atoms with van der Waals surface area (Å²) in [7, 11) is -4.20. The monoisotopic (exact) mass is 575 g/mol. The van der Waals surface area contributed by atoms with E-state index < -0.39 is 45.7 Å². The van der Waals surface area contributed by atoms with Crippen LogP contribution in [-0.4, -0.2) is 44.5 Å². The smallest absolute Gasteiger partial charge is 0.387 e. The number of carbonyl (C=O) groups excluding carboxylic acids is 1. The Morgan fingerprint density at radius 1 is 1.12 bits per heavy atom. The zero-order valence-corrected chi connectivity index (χ0v) is 22.0. The van der Waals surface area contributed by atoms with Crippen LogP contribution in [-0.2, 0) is 19.6 Å². The van der Waals surface area contributed by atoms with Crippen molar-refractivity contribution in [1.29, 1.82) is 0 Å². The maximum Gasteiger partial charge on any atom is 0.387 e. The van der Waals surface area contributed by atoms with Gasteiger partial charge >= 0.3 is 12.6 Å². The van der Waals surface area contributed by atoms with Gasteiger partial charge in [-0.2, -0.15) is 8.78 Å². The molecule has 40 heavy (non-hydrogen) atoms. The second-order valence-electron chi connectivity index (χ2n) is 10.0. The molecule has 2 aliphatic rings. The predicted octanol–water partition coefficient (Wildman–Crippen LogP) is 5.18. The van der Waals surface area contributed by atoms with E-state index in [0.29, 0.717) is 11.1 Å². The Labute approximate surface area is 228 Å². The number of nitrogens with zero attached hydrogens (tertiary/aromatic N) is 1. The number of halogens is 3. The molecule has 0 radical (unpaired) electrons. The summed E-state index contributed by atoms with van der Waals surface area (Å²) in [5, 5.41) is 9.80. The minimum Gasteiger partial charge on any atom is -0.486 e. The molecule has 1 N–H and O–H groups in total. The van der Waals surface area contributed by atoms with Crippen molar-refractivity contribution < 1.29 is 45.8 Å². The summed E-state index contributed by atoms with van der Waals surface area (Å²) in [5.41, 5.74) is -0.0868. The topological polar surface area (TPSA) is 110 Å². The first-order valence-corrected chi connectivity index (χ1v) is 13.7. The molecule has 0 unspecified atom stereocenters. The molecule has 0 spiro atoms. The molecule has 1 heterocycles. The molecule has 210 valence electrons. The van der Waals surface area contributed by atoms with E-state index in [-0.39, 0.29) is 53.5 Å². The van der Waals surface area contributed by atoms with Gasteiger partial charge in [-0.3, -0.25) is 13.9 Å². The molecule has 5 rings (SSSR count). The Bertz CT molecular complexity index is 1600. The zero-order valence-electron chi connectivity index (χ0n) is 21.1. The summed E-state index contributed by atoms with van der Waals surface area (Å²) in [4.78, 5) is 23.7. The van der Waals surface area contributed by atoms with Crippen molar-refractivity contribution in [2.45, 2.75) is 43.8 Å². The largest absolute Gasteiger partial charge is 0.486 e. The lowest BCUT2D eigenvalue weighted by atomic mass is 9.64. The minimum atomic E-state index is -4.20. The third-order valence-electron chi connectivity index (χ3n) is 7.04. The van der Waals surface area contributed by atoms with Crippen molar-refractivity contribution in [3.8, 4) is 22.6 Å². The molecular weight excluding hydrogens is 551 g/mol. The van der Waals surface area contributed by atoms with E-state index in [0.717, 1.165) is 16.4 Å². The standard InChI is InChI=1S/C28H24F3NO7S/c1-16-3-2-4-23(7-16)40(36,37)32-15-22(14-28(26(34)35)12-20(33)13-28)38-25-6-5-17(10-24(25)32)18-8-19(29)11-21(9-18)39-27(30)31/h2-11,22,27H,12-15H2,1H3,(H,34,35)/t22-/m0/s1. The van der Waals surface area contributed by atoms with Gasteiger partial charge in [0.25, 0.3) is 10.0 Å². The van der Waals surface area contributed by atoms with E-state index >= 15 is 0 Å². The molecule has 1 fully saturated rings. The normalized spacial score (nSPS) is 18.1. The summed E-state index contributed by atoms with van der Waals surface area (Å²) in [6.45, 7) is -1.68. The maximum atomic E-state index is 14.2. The molecule has 1 aliphatic heterocycles. The molecule has 0 amide bonds. The first-order chi connectivity index (χ1) is 18.9. The van der Waals surface area contributed by atoms with Gasteiger partial charge in [0.1, 0.15) is 29.2 Å². The van der Waals surface area contributed by atoms with Gasteiger partial charge in [0.15, 0.2) is 0 Å². The highest BCUT2D eigenvalue weighted by Crippen LogP contribution is 2.47. The van der Waals surface area contributed by atoms with Gasteiger partial charge in [-0.1, -0.05) is 18.2 Å². The van der Waals surface area contributed by atoms with E-state index in [1.165, 1.54) is 36.4 Å². The number of fused-ring (bicyclic) bond motifs is 1. The van der Waals surface area contributed by atoms with E-state index in [9.17, 15) is 36.3 Å². The van der Waals surface area contributed by atoms with Crippen molar-refractivity contribution in [1.82, 2.24) is 0 Å². The fraction of sp³-hybridized carbons (Fsp3) is 0.286. The molecule has 0 aromatic heterocycles. The number of Topliss-reactive ketones (excluding diaryl/α,β-unsaturated/α-hetero) is 1. The number of aryl methyl sites for hydroxylation is 1. The number of rotatable bonds is 8. The van der Waals surface area contributed by atoms with E-state index in [2.05, 4.69) is 4.74 Å². The highest BCUT2D eigenvalue weighted by atomic mass is 32.2. The fourth-order valence-corrected chi connectivity index (χ4v) is 6.75. The van der Waals surface area contributed by atoms with Gasteiger partial charge in [0.05, 0.1) is 22.5 Å². The second kappa shape index (κ2) is 10.2. The average molecular weight is 576 g/mol. The Balaban J connectivity index is 1.58. The lowest BCUT2D eigenvalue weighted by molar-refractivity contribution is -0.163. The van der Waals surface area contributed by atoms with Crippen LogP contribution in [0.3, 0.4) is 0 Å². The SMILES string of the molecule is Cc1cccc(S(=O)(=O)N2C[C@H](CC3(C(=O)O)CC(=O)C3)Oc3ccc(-c4cc(F)cc(OC(F)F)c4)cc32)c1. The molecule has 1 atom stereocenters. The molecule has 12 heteroatoms. The summed E-state index contributed by atoms with van der Waals surface area (Å²) < 4.78 is 79.0. The van der Waals surface area contributed by atoms with E-state index in [1.54, 1.807) is 19.1 Å². The predicted molar refractivity (Wildman–Crippen MR) is 138 cm³/mol. The number of aliphatic carboxylic acids is 1. The molecule has 3 aromatic carbocycles. The lowest BCUT2D eigenvalue weighted by Crippen LogP contribution is -2.51. The summed E-state index contributed by atoms with van der Waals surface area (Å²) in [6, 6.07) is 13.7. The van der Waals surface area contributed by atoms with Crippen molar-refractivity contribution in [3.63, 3.8) is 0 Å². The van der Waals surface area contributed by atoms with Crippen molar-refractivity contribution in [2.75, 3.05) is 10.8 Å². The summed E-state index contributed by atoms with van der Waals surface area (Å²) in [5.74, 6) is -2.46. The number of carboxylic acids is 1. The van der Waals surface area contributed by atoms with Crippen LogP contribution in [0, 0.1) is 18.2 Å². The van der Waals surface area contributed by atoms with Crippen LogP contribution in [0.1, 0.15) is 24.8 Å². The van der Waals surface area contributed by atoms with Crippen molar-refractivity contribution in [3.05, 3.63) is 72.0 Å². The molecule has 1 aliphatic carbocycles. The summed E-state index contributed by atoms with van der Waals surface area (Å²) >= 11 is 0. The first kappa shape index (κ1) is 27.5. The lowest BCUT2D eigenvalue weighted by Gasteiger charge is -2.42. The third-order valence-corrected chi connectivity index (χ3v) is 8.82. The van der Waals surface area contributed by atoms with Gasteiger partial charge in [-0.25, -0.2) is 12.8 Å². The van der Waals surface area contributed by atoms with Crippen LogP contribution >= 0.6 is 0 Å². The number of ketones is 1. The number of benzene rings is 3. The van der Waals surface area contributed by atoms with Crippen LogP contribution < -0.4 is 13.8 Å². The Hall–Kier alpha value is -4.06. The Kier molecular flexibility index (Phi) is 6.99. The zero-order chi connectivity index (χ0) is 28.8. The Morgan fingerprint density at radius 3 is 2.52 bits per heavy atom. The molecule has 8 nitrogen and oxygen atoms in total. The van der Waals surface area contributed by atoms with Crippen molar-refractivity contribution >= 4 is 27.5 Å². The third kappa shape index (κ3) is 5.23. The number of carboxylic acid groups (broad SMARTS) is 1. The van der Waals surface area contributed by atoms with Crippen LogP contribution in [0.15, 0.2) is 65.6 Å². The summed E-state index contributed by atoms with van der Waals surface area (Å²) in [6.07, 6.45) is -1.31. The molecule has 0 saturated heterocycles. The number of alkyl halides is 2. The highest BCUT2D eigenvalue weighted by molar-refractivity contribution is 7.92. The number of hydrogen-bond acceptors (Lipinski definition) is 6. The van der Waals surface area contributed by atoms with Crippen LogP contribution in [0.25, 0.3) is 11.1 Å². The van der Waals surface area contributed by atoms with Gasteiger partial charge in [-0.05, 0) is 60.0 Å². The molecule has 3 aromatic rings. The number of sulfonamides is 1. The van der Waals surface area contributed by atoms with Crippen molar-refractivity contribution in [2.24, 2.45) is 5.41 Å². The van der Waals surface area contributed by atoms with E-state index in [4.69, 9.17) is 4.74 Å². The number of anilines is 1. The van der Waals surface area contributed by atoms with Gasteiger partial charge in [0, 0.05) is 25.3 Å². The second-order valence-corrected chi connectivity index (χ2v) is 11.9. The van der Waals surface area contributed by atoms with Gasteiger partial charge < -0.3 is 14.6 Å². The fourth-order valence-electron chi connectivity index (χ4n) is 5.15. The van der Waals surface area contributed by atoms with E-state index in [1.807, 2.05) is 0 Å². The quantitative estimate of drug-likeness (QED) is 0.394. The highest BCUT2D eigenvalue weighted by Gasteiger charge is 2.52. The average Bonchev–Trinajstić information content (AvgIpc) is 2.86. The van der Waals surface area contributed by atoms with Crippen LogP contribution in [0.5, 0.6) is 11.5 Å². The van der Waals surface area contributed by atoms with Crippen LogP contribution in [0.4, 0.5) is 18.9 Å². The Morgan fingerprint density at radius 2 is 1.88 bits per heavy atom. The van der Waals surface area contributed by atoms with Gasteiger partial charge in [0.2, 0.25) is 0 Å². The molecule has 1 saturated carbocycles. The van der Waals surface area contributed by atoms with Crippen LogP contribution in [0.2, 0.25) is 0 Å². The van der Waals surface area contributed by atoms with Gasteiger partial charge in [-0.15, -0.1) is 0 Å². The molecular formula is C28H24F3NO7S. The molecule has 0 bridgehead atoms. The number of hydrogen-bond donors (Lipinski definition) is 1. The minimum absolute atomic E-state index is 0.00496. The number of carbonyl (C=O) groups is 2. The first-order valence-electron chi connectivity index (χ1n) is 12.3. The number of ether oxygens (including phenoxy) is 2. The maximum absolute atomic E-state index is 14.2.